The first-order valence-corrected chi connectivity index (χ1v) is 4.97. The molecule has 5 nitrogen and oxygen atoms in total. The maximum Gasteiger partial charge on any atom is 0.275 e. The second kappa shape index (κ2) is 4.21. The summed E-state index contributed by atoms with van der Waals surface area (Å²) in [6.45, 7) is 1.88. The summed E-state index contributed by atoms with van der Waals surface area (Å²) in [6.07, 6.45) is 0.404. The monoisotopic (exact) mass is 230 g/mol. The number of aromatic nitrogens is 2. The van der Waals surface area contributed by atoms with Crippen LogP contribution in [0.3, 0.4) is 0 Å². The fourth-order valence-corrected chi connectivity index (χ4v) is 1.49. The van der Waals surface area contributed by atoms with Gasteiger partial charge in [-0.2, -0.15) is 9.78 Å². The predicted octanol–water partition coefficient (Wildman–Crippen LogP) is 1.06. The van der Waals surface area contributed by atoms with E-state index in [2.05, 4.69) is 5.10 Å². The van der Waals surface area contributed by atoms with Crippen molar-refractivity contribution < 1.29 is 9.90 Å². The molecule has 0 spiro atoms. The van der Waals surface area contributed by atoms with Gasteiger partial charge in [-0.25, -0.2) is 0 Å². The maximum absolute atomic E-state index is 11.6. The average Bonchev–Trinajstić information content (AvgIpc) is 2.29. The Kier molecular flexibility index (Phi) is 2.74. The van der Waals surface area contributed by atoms with E-state index in [0.717, 1.165) is 16.3 Å². The zero-order valence-electron chi connectivity index (χ0n) is 9.12. The summed E-state index contributed by atoms with van der Waals surface area (Å²) in [7, 11) is 0. The van der Waals surface area contributed by atoms with Crippen molar-refractivity contribution in [2.24, 2.45) is 0 Å². The molecule has 2 rings (SSSR count). The van der Waals surface area contributed by atoms with E-state index in [-0.39, 0.29) is 5.69 Å². The summed E-state index contributed by atoms with van der Waals surface area (Å²) in [6, 6.07) is 8.11. The molecular weight excluding hydrogens is 220 g/mol. The topological polar surface area (TPSA) is 72.2 Å². The molecule has 0 saturated heterocycles. The summed E-state index contributed by atoms with van der Waals surface area (Å²) in [5, 5.41) is 13.1. The standard InChI is InChI=1S/C12H10N2O3/c1-8-3-2-4-9(5-8)14-12(17)6-11(16)10(7-15)13-14/h2-7,16H,1H3. The third-order valence-corrected chi connectivity index (χ3v) is 2.30. The molecule has 17 heavy (non-hydrogen) atoms. The number of aromatic hydroxyl groups is 1. The molecule has 2 aromatic rings. The van der Waals surface area contributed by atoms with Gasteiger partial charge in [0, 0.05) is 6.07 Å². The third-order valence-electron chi connectivity index (χ3n) is 2.30. The lowest BCUT2D eigenvalue weighted by Gasteiger charge is -2.06. The number of nitrogens with zero attached hydrogens (tertiary/aromatic N) is 2. The van der Waals surface area contributed by atoms with Crippen LogP contribution in [0, 0.1) is 6.92 Å². The summed E-state index contributed by atoms with van der Waals surface area (Å²) in [5.74, 6) is -0.408. The SMILES string of the molecule is Cc1cccc(-n2nc(C=O)c(O)cc2=O)c1. The van der Waals surface area contributed by atoms with Gasteiger partial charge in [-0.15, -0.1) is 0 Å². The molecule has 1 N–H and O–H groups in total. The first kappa shape index (κ1) is 11.1. The molecule has 0 radical (unpaired) electrons. The van der Waals surface area contributed by atoms with E-state index in [4.69, 9.17) is 0 Å². The lowest BCUT2D eigenvalue weighted by Crippen LogP contribution is -2.21. The highest BCUT2D eigenvalue weighted by Gasteiger charge is 2.08. The van der Waals surface area contributed by atoms with Gasteiger partial charge in [0.2, 0.25) is 0 Å². The van der Waals surface area contributed by atoms with Gasteiger partial charge in [-0.05, 0) is 24.6 Å². The Labute approximate surface area is 97.0 Å². The van der Waals surface area contributed by atoms with Crippen LogP contribution in [0.25, 0.3) is 5.69 Å². The second-order valence-electron chi connectivity index (χ2n) is 3.62. The fourth-order valence-electron chi connectivity index (χ4n) is 1.49. The van der Waals surface area contributed by atoms with Gasteiger partial charge in [-0.1, -0.05) is 12.1 Å². The highest BCUT2D eigenvalue weighted by molar-refractivity contribution is 5.75. The van der Waals surface area contributed by atoms with Gasteiger partial charge in [0.1, 0.15) is 0 Å². The van der Waals surface area contributed by atoms with Crippen LogP contribution in [0.1, 0.15) is 16.1 Å². The van der Waals surface area contributed by atoms with Crippen LogP contribution in [0.5, 0.6) is 5.75 Å². The smallest absolute Gasteiger partial charge is 0.275 e. The number of rotatable bonds is 2. The van der Waals surface area contributed by atoms with E-state index in [9.17, 15) is 14.7 Å². The number of aldehydes is 1. The Balaban J connectivity index is 2.67. The minimum atomic E-state index is -0.487. The van der Waals surface area contributed by atoms with E-state index in [1.807, 2.05) is 13.0 Å². The number of carbonyl (C=O) groups excluding carboxylic acids is 1. The first-order chi connectivity index (χ1) is 8.11. The van der Waals surface area contributed by atoms with Crippen molar-refractivity contribution >= 4 is 6.29 Å². The molecule has 0 fully saturated rings. The minimum absolute atomic E-state index is 0.161. The highest BCUT2D eigenvalue weighted by atomic mass is 16.3. The van der Waals surface area contributed by atoms with Crippen molar-refractivity contribution in [3.63, 3.8) is 0 Å². The number of aryl methyl sites for hydroxylation is 1. The van der Waals surface area contributed by atoms with E-state index >= 15 is 0 Å². The van der Waals surface area contributed by atoms with Crippen LogP contribution in [-0.4, -0.2) is 21.2 Å². The largest absolute Gasteiger partial charge is 0.505 e. The van der Waals surface area contributed by atoms with Crippen LogP contribution < -0.4 is 5.56 Å². The number of benzene rings is 1. The first-order valence-electron chi connectivity index (χ1n) is 4.97. The van der Waals surface area contributed by atoms with Gasteiger partial charge < -0.3 is 5.11 Å². The Hall–Kier alpha value is -2.43. The molecule has 0 aliphatic carbocycles. The van der Waals surface area contributed by atoms with Crippen LogP contribution in [-0.2, 0) is 0 Å². The molecule has 0 amide bonds. The van der Waals surface area contributed by atoms with Gasteiger partial charge in [0.25, 0.3) is 5.56 Å². The molecule has 5 heteroatoms. The maximum atomic E-state index is 11.6. The number of carbonyl (C=O) groups is 1. The molecule has 0 unspecified atom stereocenters. The minimum Gasteiger partial charge on any atom is -0.505 e. The van der Waals surface area contributed by atoms with E-state index < -0.39 is 11.3 Å². The average molecular weight is 230 g/mol. The quantitative estimate of drug-likeness (QED) is 0.783. The zero-order chi connectivity index (χ0) is 12.4. The van der Waals surface area contributed by atoms with E-state index in [1.54, 1.807) is 18.2 Å². The molecule has 0 bridgehead atoms. The normalized spacial score (nSPS) is 10.2. The molecule has 0 aliphatic heterocycles. The molecular formula is C12H10N2O3. The molecule has 0 atom stereocenters. The third kappa shape index (κ3) is 2.08. The summed E-state index contributed by atoms with van der Waals surface area (Å²) in [4.78, 5) is 22.3. The van der Waals surface area contributed by atoms with Crippen molar-refractivity contribution in [1.82, 2.24) is 9.78 Å². The summed E-state index contributed by atoms with van der Waals surface area (Å²) in [5.41, 5.74) is 0.875. The van der Waals surface area contributed by atoms with Gasteiger partial charge >= 0.3 is 0 Å². The van der Waals surface area contributed by atoms with Crippen LogP contribution >= 0.6 is 0 Å². The van der Waals surface area contributed by atoms with E-state index in [0.29, 0.717) is 12.0 Å². The molecule has 1 heterocycles. The van der Waals surface area contributed by atoms with Gasteiger partial charge in [0.15, 0.2) is 17.7 Å². The van der Waals surface area contributed by atoms with Crippen LogP contribution in [0.15, 0.2) is 35.1 Å². The highest BCUT2D eigenvalue weighted by Crippen LogP contribution is 2.11. The predicted molar refractivity (Wildman–Crippen MR) is 61.6 cm³/mol. The fraction of sp³-hybridized carbons (Fsp3) is 0.0833. The number of hydrogen-bond acceptors (Lipinski definition) is 4. The van der Waals surface area contributed by atoms with Crippen molar-refractivity contribution in [2.75, 3.05) is 0 Å². The van der Waals surface area contributed by atoms with Gasteiger partial charge in [0.05, 0.1) is 5.69 Å². The lowest BCUT2D eigenvalue weighted by atomic mass is 10.2. The second-order valence-corrected chi connectivity index (χ2v) is 3.62. The zero-order valence-corrected chi connectivity index (χ0v) is 9.12. The molecule has 0 saturated carbocycles. The summed E-state index contributed by atoms with van der Waals surface area (Å²) >= 11 is 0. The van der Waals surface area contributed by atoms with Crippen LogP contribution in [0.4, 0.5) is 0 Å². The number of hydrogen-bond donors (Lipinski definition) is 1. The van der Waals surface area contributed by atoms with E-state index in [1.165, 1.54) is 0 Å². The van der Waals surface area contributed by atoms with Gasteiger partial charge in [-0.3, -0.25) is 9.59 Å². The Morgan fingerprint density at radius 2 is 2.12 bits per heavy atom. The Bertz CT molecular complexity index is 632. The van der Waals surface area contributed by atoms with Crippen molar-refractivity contribution in [2.45, 2.75) is 6.92 Å². The molecule has 0 aliphatic rings. The van der Waals surface area contributed by atoms with Crippen molar-refractivity contribution in [3.8, 4) is 11.4 Å². The summed E-state index contributed by atoms with van der Waals surface area (Å²) < 4.78 is 1.08. The van der Waals surface area contributed by atoms with Crippen molar-refractivity contribution in [3.05, 3.63) is 51.9 Å². The Morgan fingerprint density at radius 1 is 1.35 bits per heavy atom. The molecule has 1 aromatic heterocycles. The molecule has 86 valence electrons. The Morgan fingerprint density at radius 3 is 2.76 bits per heavy atom. The van der Waals surface area contributed by atoms with Crippen molar-refractivity contribution in [1.29, 1.82) is 0 Å². The molecule has 1 aromatic carbocycles. The lowest BCUT2D eigenvalue weighted by molar-refractivity contribution is 0.111. The van der Waals surface area contributed by atoms with Crippen LogP contribution in [0.2, 0.25) is 0 Å².